The number of urea groups is 1. The zero-order chi connectivity index (χ0) is 18.8. The number of hydrogen-bond donors (Lipinski definition) is 2. The third-order valence-corrected chi connectivity index (χ3v) is 3.75. The van der Waals surface area contributed by atoms with Gasteiger partial charge in [-0.25, -0.2) is 4.79 Å². The van der Waals surface area contributed by atoms with E-state index in [0.29, 0.717) is 13.1 Å². The highest BCUT2D eigenvalue weighted by Gasteiger charge is 2.05. The lowest BCUT2D eigenvalue weighted by Gasteiger charge is -2.19. The minimum atomic E-state index is -2.84. The smallest absolute Gasteiger partial charge is 0.387 e. The van der Waals surface area contributed by atoms with Gasteiger partial charge in [0.15, 0.2) is 0 Å². The molecule has 0 fully saturated rings. The van der Waals surface area contributed by atoms with E-state index in [-0.39, 0.29) is 11.8 Å². The van der Waals surface area contributed by atoms with Crippen molar-refractivity contribution in [3.8, 4) is 5.75 Å². The highest BCUT2D eigenvalue weighted by molar-refractivity contribution is 5.73. The van der Waals surface area contributed by atoms with Crippen LogP contribution in [0.3, 0.4) is 0 Å². The predicted octanol–water partition coefficient (Wildman–Crippen LogP) is 3.61. The van der Waals surface area contributed by atoms with Gasteiger partial charge in [-0.2, -0.15) is 8.78 Å². The molecule has 2 aromatic carbocycles. The summed E-state index contributed by atoms with van der Waals surface area (Å²) in [5.41, 5.74) is 1.93. The number of anilines is 1. The lowest BCUT2D eigenvalue weighted by molar-refractivity contribution is -0.0498. The Hall–Kier alpha value is -2.83. The molecule has 26 heavy (non-hydrogen) atoms. The molecule has 5 nitrogen and oxygen atoms in total. The van der Waals surface area contributed by atoms with Gasteiger partial charge >= 0.3 is 12.6 Å². The van der Waals surface area contributed by atoms with Crippen molar-refractivity contribution in [2.24, 2.45) is 0 Å². The van der Waals surface area contributed by atoms with E-state index < -0.39 is 6.61 Å². The van der Waals surface area contributed by atoms with E-state index in [2.05, 4.69) is 20.3 Å². The molecular formula is C19H23F2N3O2. The fourth-order valence-electron chi connectivity index (χ4n) is 2.36. The van der Waals surface area contributed by atoms with Crippen LogP contribution >= 0.6 is 0 Å². The zero-order valence-electron chi connectivity index (χ0n) is 14.6. The largest absolute Gasteiger partial charge is 0.435 e. The Morgan fingerprint density at radius 3 is 2.42 bits per heavy atom. The molecule has 0 saturated heterocycles. The average molecular weight is 363 g/mol. The quantitative estimate of drug-likeness (QED) is 0.669. The first-order valence-corrected chi connectivity index (χ1v) is 8.36. The number of carbonyl (C=O) groups excluding carboxylic acids is 1. The average Bonchev–Trinajstić information content (AvgIpc) is 2.65. The van der Waals surface area contributed by atoms with E-state index in [9.17, 15) is 13.6 Å². The topological polar surface area (TPSA) is 53.6 Å². The van der Waals surface area contributed by atoms with Gasteiger partial charge in [-0.05, 0) is 36.2 Å². The Kier molecular flexibility index (Phi) is 7.67. The van der Waals surface area contributed by atoms with Gasteiger partial charge < -0.3 is 20.3 Å². The molecule has 0 atom stereocenters. The SMILES string of the molecule is CN(CCCNC(=O)NCc1ccc(OC(F)F)cc1)c1ccccc1. The molecule has 0 aliphatic heterocycles. The first-order chi connectivity index (χ1) is 12.5. The van der Waals surface area contributed by atoms with Gasteiger partial charge in [-0.1, -0.05) is 30.3 Å². The summed E-state index contributed by atoms with van der Waals surface area (Å²) in [6, 6.07) is 15.9. The number of amides is 2. The van der Waals surface area contributed by atoms with Gasteiger partial charge in [-0.3, -0.25) is 0 Å². The summed E-state index contributed by atoms with van der Waals surface area (Å²) in [5.74, 6) is 0.0933. The number of nitrogens with one attached hydrogen (secondary N) is 2. The van der Waals surface area contributed by atoms with Crippen LogP contribution < -0.4 is 20.3 Å². The number of benzene rings is 2. The number of halogens is 2. The zero-order valence-corrected chi connectivity index (χ0v) is 14.6. The van der Waals surface area contributed by atoms with Crippen molar-refractivity contribution in [1.82, 2.24) is 10.6 Å². The number of para-hydroxylation sites is 1. The van der Waals surface area contributed by atoms with Gasteiger partial charge in [0.05, 0.1) is 0 Å². The first-order valence-electron chi connectivity index (χ1n) is 8.36. The normalized spacial score (nSPS) is 10.5. The molecule has 0 radical (unpaired) electrons. The summed E-state index contributed by atoms with van der Waals surface area (Å²) in [5, 5.41) is 5.52. The van der Waals surface area contributed by atoms with Gasteiger partial charge in [0.2, 0.25) is 0 Å². The van der Waals surface area contributed by atoms with Crippen LogP contribution in [0, 0.1) is 0 Å². The van der Waals surface area contributed by atoms with Crippen molar-refractivity contribution in [3.05, 3.63) is 60.2 Å². The van der Waals surface area contributed by atoms with Crippen LogP contribution in [0.25, 0.3) is 0 Å². The van der Waals surface area contributed by atoms with Gasteiger partial charge in [-0.15, -0.1) is 0 Å². The Morgan fingerprint density at radius 1 is 1.08 bits per heavy atom. The molecule has 0 saturated carbocycles. The number of hydrogen-bond acceptors (Lipinski definition) is 3. The van der Waals surface area contributed by atoms with Crippen LogP contribution in [0.2, 0.25) is 0 Å². The number of nitrogens with zero attached hydrogens (tertiary/aromatic N) is 1. The number of alkyl halides is 2. The van der Waals surface area contributed by atoms with E-state index in [1.807, 2.05) is 37.4 Å². The van der Waals surface area contributed by atoms with Crippen molar-refractivity contribution in [2.75, 3.05) is 25.0 Å². The predicted molar refractivity (Wildman–Crippen MR) is 97.6 cm³/mol. The second-order valence-corrected chi connectivity index (χ2v) is 5.74. The lowest BCUT2D eigenvalue weighted by atomic mass is 10.2. The van der Waals surface area contributed by atoms with Crippen molar-refractivity contribution < 1.29 is 18.3 Å². The van der Waals surface area contributed by atoms with Crippen LogP contribution in [0.15, 0.2) is 54.6 Å². The molecular weight excluding hydrogens is 340 g/mol. The van der Waals surface area contributed by atoms with Crippen molar-refractivity contribution in [1.29, 1.82) is 0 Å². The van der Waals surface area contributed by atoms with Crippen LogP contribution in [0.1, 0.15) is 12.0 Å². The molecule has 0 spiro atoms. The maximum atomic E-state index is 12.1. The van der Waals surface area contributed by atoms with E-state index >= 15 is 0 Å². The highest BCUT2D eigenvalue weighted by atomic mass is 19.3. The maximum Gasteiger partial charge on any atom is 0.387 e. The standard InChI is InChI=1S/C19H23F2N3O2/c1-24(16-6-3-2-4-7-16)13-5-12-22-19(25)23-14-15-8-10-17(11-9-15)26-18(20)21/h2-4,6-11,18H,5,12-14H2,1H3,(H2,22,23,25). The van der Waals surface area contributed by atoms with E-state index in [1.54, 1.807) is 12.1 Å². The second-order valence-electron chi connectivity index (χ2n) is 5.74. The molecule has 2 N–H and O–H groups in total. The minimum absolute atomic E-state index is 0.0933. The molecule has 0 aliphatic carbocycles. The fourth-order valence-corrected chi connectivity index (χ4v) is 2.36. The van der Waals surface area contributed by atoms with Crippen molar-refractivity contribution >= 4 is 11.7 Å². The summed E-state index contributed by atoms with van der Waals surface area (Å²) >= 11 is 0. The Bertz CT molecular complexity index is 666. The fraction of sp³-hybridized carbons (Fsp3) is 0.316. The molecule has 0 bridgehead atoms. The van der Waals surface area contributed by atoms with Gasteiger partial charge in [0, 0.05) is 32.4 Å². The van der Waals surface area contributed by atoms with Crippen LogP contribution in [0.5, 0.6) is 5.75 Å². The Balaban J connectivity index is 1.61. The molecule has 2 amide bonds. The van der Waals surface area contributed by atoms with Gasteiger partial charge in [0.1, 0.15) is 5.75 Å². The van der Waals surface area contributed by atoms with Crippen molar-refractivity contribution in [3.63, 3.8) is 0 Å². The number of rotatable bonds is 9. The van der Waals surface area contributed by atoms with Crippen molar-refractivity contribution in [2.45, 2.75) is 19.6 Å². The molecule has 2 rings (SSSR count). The lowest BCUT2D eigenvalue weighted by Crippen LogP contribution is -2.36. The minimum Gasteiger partial charge on any atom is -0.435 e. The van der Waals surface area contributed by atoms with Crippen LogP contribution in [-0.2, 0) is 6.54 Å². The Morgan fingerprint density at radius 2 is 1.77 bits per heavy atom. The van der Waals surface area contributed by atoms with Crippen LogP contribution in [-0.4, -0.2) is 32.8 Å². The Labute approximate surface area is 152 Å². The third kappa shape index (κ3) is 6.96. The molecule has 0 aromatic heterocycles. The molecule has 7 heteroatoms. The summed E-state index contributed by atoms with van der Waals surface area (Å²) in [6.07, 6.45) is 0.818. The second kappa shape index (κ2) is 10.2. The molecule has 140 valence electrons. The first kappa shape index (κ1) is 19.5. The van der Waals surface area contributed by atoms with E-state index in [0.717, 1.165) is 24.2 Å². The van der Waals surface area contributed by atoms with E-state index in [4.69, 9.17) is 0 Å². The summed E-state index contributed by atoms with van der Waals surface area (Å²) < 4.78 is 28.4. The molecule has 0 heterocycles. The molecule has 2 aromatic rings. The van der Waals surface area contributed by atoms with Crippen LogP contribution in [0.4, 0.5) is 19.3 Å². The summed E-state index contributed by atoms with van der Waals surface area (Å²) in [4.78, 5) is 13.9. The monoisotopic (exact) mass is 363 g/mol. The summed E-state index contributed by atoms with van der Waals surface area (Å²) in [6.45, 7) is -1.14. The number of carbonyl (C=O) groups is 1. The molecule has 0 aliphatic rings. The van der Waals surface area contributed by atoms with Gasteiger partial charge in [0.25, 0.3) is 0 Å². The van der Waals surface area contributed by atoms with E-state index in [1.165, 1.54) is 12.1 Å². The maximum absolute atomic E-state index is 12.1. The summed E-state index contributed by atoms with van der Waals surface area (Å²) in [7, 11) is 2.01. The number of ether oxygens (including phenoxy) is 1. The highest BCUT2D eigenvalue weighted by Crippen LogP contribution is 2.14. The third-order valence-electron chi connectivity index (χ3n) is 3.75. The molecule has 0 unspecified atom stereocenters.